The number of nitrogens with zero attached hydrogens (tertiary/aromatic N) is 4. The van der Waals surface area contributed by atoms with Crippen LogP contribution in [0, 0.1) is 13.8 Å². The Morgan fingerprint density at radius 3 is 2.78 bits per heavy atom. The summed E-state index contributed by atoms with van der Waals surface area (Å²) in [6, 6.07) is 1.95. The normalized spacial score (nSPS) is 11.1. The largest absolute Gasteiger partial charge is 0.312 e. The first-order valence-corrected chi connectivity index (χ1v) is 6.35. The summed E-state index contributed by atoms with van der Waals surface area (Å²) in [7, 11) is 1.99. The Morgan fingerprint density at radius 1 is 1.33 bits per heavy atom. The van der Waals surface area contributed by atoms with Crippen LogP contribution in [0.25, 0.3) is 0 Å². The van der Waals surface area contributed by atoms with Gasteiger partial charge in [0, 0.05) is 43.8 Å². The average Bonchev–Trinajstić information content (AvgIpc) is 2.92. The highest BCUT2D eigenvalue weighted by Gasteiger charge is 2.07. The van der Waals surface area contributed by atoms with Crippen LogP contribution in [0.15, 0.2) is 18.5 Å². The minimum absolute atomic E-state index is 0.893. The van der Waals surface area contributed by atoms with Crippen LogP contribution in [0.1, 0.15) is 23.4 Å². The monoisotopic (exact) mass is 247 g/mol. The summed E-state index contributed by atoms with van der Waals surface area (Å²) < 4.78 is 3.90. The van der Waals surface area contributed by atoms with Crippen LogP contribution in [0.4, 0.5) is 0 Å². The quantitative estimate of drug-likeness (QED) is 0.785. The maximum absolute atomic E-state index is 4.41. The molecule has 2 rings (SSSR count). The van der Waals surface area contributed by atoms with Crippen molar-refractivity contribution in [2.45, 2.75) is 33.4 Å². The number of nitrogens with one attached hydrogen (secondary N) is 1. The third-order valence-corrected chi connectivity index (χ3v) is 3.26. The highest BCUT2D eigenvalue weighted by atomic mass is 15.3. The van der Waals surface area contributed by atoms with E-state index < -0.39 is 0 Å². The number of rotatable bonds is 6. The molecule has 0 unspecified atom stereocenters. The molecule has 0 aromatic carbocycles. The Morgan fingerprint density at radius 2 is 2.17 bits per heavy atom. The molecule has 0 spiro atoms. The molecule has 2 aromatic rings. The Bertz CT molecular complexity index is 484. The van der Waals surface area contributed by atoms with Gasteiger partial charge in [-0.3, -0.25) is 9.36 Å². The van der Waals surface area contributed by atoms with E-state index >= 15 is 0 Å². The van der Waals surface area contributed by atoms with Crippen molar-refractivity contribution < 1.29 is 0 Å². The van der Waals surface area contributed by atoms with Crippen molar-refractivity contribution in [2.24, 2.45) is 7.05 Å². The van der Waals surface area contributed by atoms with E-state index in [1.165, 1.54) is 11.3 Å². The Hall–Kier alpha value is -1.62. The van der Waals surface area contributed by atoms with E-state index in [1.54, 1.807) is 0 Å². The zero-order valence-corrected chi connectivity index (χ0v) is 11.3. The average molecular weight is 247 g/mol. The summed E-state index contributed by atoms with van der Waals surface area (Å²) >= 11 is 0. The van der Waals surface area contributed by atoms with E-state index in [-0.39, 0.29) is 0 Å². The number of hydrogen-bond acceptors (Lipinski definition) is 3. The van der Waals surface area contributed by atoms with Gasteiger partial charge in [0.2, 0.25) is 0 Å². The van der Waals surface area contributed by atoms with Gasteiger partial charge in [0.15, 0.2) is 0 Å². The van der Waals surface area contributed by atoms with Gasteiger partial charge >= 0.3 is 0 Å². The van der Waals surface area contributed by atoms with Crippen molar-refractivity contribution >= 4 is 0 Å². The van der Waals surface area contributed by atoms with Crippen LogP contribution < -0.4 is 5.32 Å². The molecule has 0 aliphatic heterocycles. The van der Waals surface area contributed by atoms with Crippen LogP contribution in [0.5, 0.6) is 0 Å². The predicted octanol–water partition coefficient (Wildman–Crippen LogP) is 1.41. The minimum atomic E-state index is 0.893. The van der Waals surface area contributed by atoms with Gasteiger partial charge in [0.05, 0.1) is 5.69 Å². The Balaban J connectivity index is 1.72. The first-order valence-electron chi connectivity index (χ1n) is 6.35. The molecular weight excluding hydrogens is 226 g/mol. The minimum Gasteiger partial charge on any atom is -0.312 e. The van der Waals surface area contributed by atoms with Gasteiger partial charge in [0.1, 0.15) is 0 Å². The molecule has 0 aliphatic carbocycles. The highest BCUT2D eigenvalue weighted by molar-refractivity contribution is 5.23. The molecule has 98 valence electrons. The van der Waals surface area contributed by atoms with Crippen LogP contribution in [-0.4, -0.2) is 26.1 Å². The highest BCUT2D eigenvalue weighted by Crippen LogP contribution is 2.10. The molecule has 0 aliphatic rings. The molecule has 0 saturated carbocycles. The zero-order chi connectivity index (χ0) is 13.0. The van der Waals surface area contributed by atoms with Gasteiger partial charge < -0.3 is 5.32 Å². The van der Waals surface area contributed by atoms with Crippen molar-refractivity contribution in [3.8, 4) is 0 Å². The fourth-order valence-electron chi connectivity index (χ4n) is 2.09. The summed E-state index contributed by atoms with van der Waals surface area (Å²) in [6.07, 6.45) is 4.89. The fourth-order valence-corrected chi connectivity index (χ4v) is 2.09. The lowest BCUT2D eigenvalue weighted by Crippen LogP contribution is -2.17. The molecule has 18 heavy (non-hydrogen) atoms. The number of aromatic nitrogens is 4. The SMILES string of the molecule is Cc1nn(C)c(C)c1CNCCCn1cccn1. The van der Waals surface area contributed by atoms with Crippen LogP contribution in [-0.2, 0) is 20.1 Å². The summed E-state index contributed by atoms with van der Waals surface area (Å²) in [6.45, 7) is 7.03. The van der Waals surface area contributed by atoms with Gasteiger partial charge in [-0.25, -0.2) is 0 Å². The summed E-state index contributed by atoms with van der Waals surface area (Å²) in [5.41, 5.74) is 3.68. The van der Waals surface area contributed by atoms with Crippen LogP contribution in [0.2, 0.25) is 0 Å². The molecule has 0 saturated heterocycles. The van der Waals surface area contributed by atoms with E-state index in [0.29, 0.717) is 0 Å². The smallest absolute Gasteiger partial charge is 0.0641 e. The van der Waals surface area contributed by atoms with Gasteiger partial charge in [-0.05, 0) is 32.9 Å². The van der Waals surface area contributed by atoms with E-state index in [2.05, 4.69) is 29.4 Å². The van der Waals surface area contributed by atoms with Crippen molar-refractivity contribution in [2.75, 3.05) is 6.54 Å². The first kappa shape index (κ1) is 12.8. The standard InChI is InChI=1S/C13H21N5/c1-11-13(12(2)17(3)16-11)10-14-6-4-8-18-9-5-7-15-18/h5,7,9,14H,4,6,8,10H2,1-3H3. The van der Waals surface area contributed by atoms with E-state index in [0.717, 1.165) is 31.7 Å². The molecule has 0 fully saturated rings. The molecule has 5 nitrogen and oxygen atoms in total. The predicted molar refractivity (Wildman–Crippen MR) is 71.2 cm³/mol. The zero-order valence-electron chi connectivity index (χ0n) is 11.3. The molecule has 2 aromatic heterocycles. The number of aryl methyl sites for hydroxylation is 3. The van der Waals surface area contributed by atoms with Gasteiger partial charge in [-0.15, -0.1) is 0 Å². The summed E-state index contributed by atoms with van der Waals surface area (Å²) in [5.74, 6) is 0. The summed E-state index contributed by atoms with van der Waals surface area (Å²) in [4.78, 5) is 0. The van der Waals surface area contributed by atoms with Gasteiger partial charge in [-0.1, -0.05) is 0 Å². The Kier molecular flexibility index (Phi) is 4.15. The van der Waals surface area contributed by atoms with Crippen molar-refractivity contribution in [1.29, 1.82) is 0 Å². The maximum atomic E-state index is 4.41. The fraction of sp³-hybridized carbons (Fsp3) is 0.538. The van der Waals surface area contributed by atoms with Crippen LogP contribution in [0.3, 0.4) is 0 Å². The lowest BCUT2D eigenvalue weighted by atomic mass is 10.2. The molecule has 0 bridgehead atoms. The lowest BCUT2D eigenvalue weighted by molar-refractivity contribution is 0.542. The van der Waals surface area contributed by atoms with E-state index in [1.807, 2.05) is 34.9 Å². The second-order valence-electron chi connectivity index (χ2n) is 4.57. The third kappa shape index (κ3) is 2.98. The third-order valence-electron chi connectivity index (χ3n) is 3.26. The second-order valence-corrected chi connectivity index (χ2v) is 4.57. The van der Waals surface area contributed by atoms with Gasteiger partial charge in [-0.2, -0.15) is 10.2 Å². The topological polar surface area (TPSA) is 47.7 Å². The Labute approximate surface area is 108 Å². The molecule has 0 radical (unpaired) electrons. The molecule has 0 atom stereocenters. The number of hydrogen-bond donors (Lipinski definition) is 1. The van der Waals surface area contributed by atoms with Crippen LogP contribution >= 0.6 is 0 Å². The van der Waals surface area contributed by atoms with E-state index in [4.69, 9.17) is 0 Å². The van der Waals surface area contributed by atoms with Crippen molar-refractivity contribution in [1.82, 2.24) is 24.9 Å². The molecular formula is C13H21N5. The van der Waals surface area contributed by atoms with E-state index in [9.17, 15) is 0 Å². The first-order chi connectivity index (χ1) is 8.68. The second kappa shape index (κ2) is 5.82. The van der Waals surface area contributed by atoms with Crippen molar-refractivity contribution in [3.63, 3.8) is 0 Å². The summed E-state index contributed by atoms with van der Waals surface area (Å²) in [5, 5.41) is 12.1. The van der Waals surface area contributed by atoms with Crippen molar-refractivity contribution in [3.05, 3.63) is 35.4 Å². The molecule has 5 heteroatoms. The molecule has 2 heterocycles. The van der Waals surface area contributed by atoms with Gasteiger partial charge in [0.25, 0.3) is 0 Å². The maximum Gasteiger partial charge on any atom is 0.0641 e. The molecule has 1 N–H and O–H groups in total. The molecule has 0 amide bonds. The lowest BCUT2D eigenvalue weighted by Gasteiger charge is -2.05.